The Hall–Kier alpha value is -3.69. The molecule has 5 rings (SSSR count). The first-order chi connectivity index (χ1) is 18.5. The number of fused-ring (bicyclic) bond motifs is 2. The second-order valence-electron chi connectivity index (χ2n) is 9.67. The molecule has 1 spiro atoms. The van der Waals surface area contributed by atoms with E-state index in [-0.39, 0.29) is 29.4 Å². The van der Waals surface area contributed by atoms with Gasteiger partial charge >= 0.3 is 5.97 Å². The number of benzene rings is 3. The van der Waals surface area contributed by atoms with Gasteiger partial charge in [0.1, 0.15) is 29.4 Å². The second kappa shape index (κ2) is 10.1. The number of hydrogen-bond acceptors (Lipinski definition) is 4. The summed E-state index contributed by atoms with van der Waals surface area (Å²) in [6.45, 7) is 1.27. The molecular weight excluding hydrogens is 553 g/mol. The van der Waals surface area contributed by atoms with E-state index in [0.29, 0.717) is 21.8 Å². The van der Waals surface area contributed by atoms with Gasteiger partial charge in [-0.1, -0.05) is 29.3 Å². The molecule has 0 saturated carbocycles. The van der Waals surface area contributed by atoms with Crippen molar-refractivity contribution in [3.05, 3.63) is 93.0 Å². The van der Waals surface area contributed by atoms with Crippen molar-refractivity contribution in [1.82, 2.24) is 5.32 Å². The molecule has 2 aliphatic heterocycles. The number of amides is 2. The lowest BCUT2D eigenvalue weighted by molar-refractivity contribution is -0.142. The van der Waals surface area contributed by atoms with Crippen LogP contribution in [-0.4, -0.2) is 29.5 Å². The van der Waals surface area contributed by atoms with Gasteiger partial charge in [-0.3, -0.25) is 14.4 Å². The van der Waals surface area contributed by atoms with E-state index in [1.807, 2.05) is 0 Å². The van der Waals surface area contributed by atoms with Crippen LogP contribution >= 0.6 is 23.2 Å². The van der Waals surface area contributed by atoms with Gasteiger partial charge in [0.15, 0.2) is 0 Å². The van der Waals surface area contributed by atoms with E-state index in [1.165, 1.54) is 25.1 Å². The number of carboxylic acids is 1. The van der Waals surface area contributed by atoms with Crippen molar-refractivity contribution in [3.63, 3.8) is 0 Å². The summed E-state index contributed by atoms with van der Waals surface area (Å²) in [5, 5.41) is 15.5. The van der Waals surface area contributed by atoms with Crippen LogP contribution in [0.5, 0.6) is 5.75 Å². The highest BCUT2D eigenvalue weighted by Crippen LogP contribution is 2.59. The van der Waals surface area contributed by atoms with Gasteiger partial charge in [0, 0.05) is 39.2 Å². The Balaban J connectivity index is 1.77. The highest BCUT2D eigenvalue weighted by atomic mass is 35.5. The Bertz CT molecular complexity index is 1520. The third-order valence-electron chi connectivity index (χ3n) is 7.28. The van der Waals surface area contributed by atoms with Crippen LogP contribution in [-0.2, 0) is 19.8 Å². The molecule has 4 atom stereocenters. The number of carbonyl (C=O) groups is 3. The number of piperidine rings is 1. The van der Waals surface area contributed by atoms with Gasteiger partial charge in [0.25, 0.3) is 0 Å². The summed E-state index contributed by atoms with van der Waals surface area (Å²) < 4.78 is 35.6. The number of carbonyl (C=O) groups excluding carboxylic acids is 2. The van der Waals surface area contributed by atoms with Crippen molar-refractivity contribution in [2.75, 3.05) is 11.9 Å². The van der Waals surface area contributed by atoms with E-state index in [9.17, 15) is 23.9 Å². The van der Waals surface area contributed by atoms with Crippen molar-refractivity contribution in [1.29, 1.82) is 0 Å². The topological polar surface area (TPSA) is 105 Å². The number of anilines is 1. The van der Waals surface area contributed by atoms with Crippen molar-refractivity contribution in [2.45, 2.75) is 30.7 Å². The van der Waals surface area contributed by atoms with E-state index >= 15 is 4.39 Å². The van der Waals surface area contributed by atoms with E-state index in [2.05, 4.69) is 10.6 Å². The Labute approximate surface area is 232 Å². The first kappa shape index (κ1) is 26.9. The number of hydrogen-bond donors (Lipinski definition) is 3. The molecule has 2 aliphatic rings. The van der Waals surface area contributed by atoms with E-state index in [4.69, 9.17) is 27.9 Å². The maximum Gasteiger partial charge on any atom is 0.309 e. The van der Waals surface area contributed by atoms with Crippen molar-refractivity contribution in [3.8, 4) is 5.75 Å². The molecule has 3 aromatic carbocycles. The van der Waals surface area contributed by atoms with Crippen molar-refractivity contribution in [2.24, 2.45) is 5.92 Å². The molecule has 0 aliphatic carbocycles. The summed E-state index contributed by atoms with van der Waals surface area (Å²) in [6, 6.07) is 10.8. The van der Waals surface area contributed by atoms with Gasteiger partial charge < -0.3 is 20.5 Å². The minimum Gasteiger partial charge on any atom is -0.492 e. The molecule has 3 aromatic rings. The fourth-order valence-electron chi connectivity index (χ4n) is 5.47. The van der Waals surface area contributed by atoms with Crippen LogP contribution in [0.3, 0.4) is 0 Å². The highest BCUT2D eigenvalue weighted by Gasteiger charge is 2.62. The van der Waals surface area contributed by atoms with Crippen LogP contribution in [0.2, 0.25) is 10.0 Å². The third kappa shape index (κ3) is 4.59. The summed E-state index contributed by atoms with van der Waals surface area (Å²) in [7, 11) is 0. The molecule has 7 nitrogen and oxygen atoms in total. The first-order valence-electron chi connectivity index (χ1n) is 12.0. The zero-order chi connectivity index (χ0) is 28.1. The third-order valence-corrected chi connectivity index (χ3v) is 7.75. The minimum atomic E-state index is -1.68. The van der Waals surface area contributed by atoms with Crippen LogP contribution in [0.15, 0.2) is 54.6 Å². The number of rotatable bonds is 6. The number of nitrogens with one attached hydrogen (secondary N) is 2. The molecule has 1 saturated heterocycles. The zero-order valence-corrected chi connectivity index (χ0v) is 21.9. The normalized spacial score (nSPS) is 22.7. The fourth-order valence-corrected chi connectivity index (χ4v) is 5.82. The van der Waals surface area contributed by atoms with Gasteiger partial charge in [-0.2, -0.15) is 0 Å². The predicted molar refractivity (Wildman–Crippen MR) is 140 cm³/mol. The lowest BCUT2D eigenvalue weighted by atomic mass is 9.59. The molecule has 2 amide bonds. The molecule has 1 fully saturated rings. The van der Waals surface area contributed by atoms with E-state index in [0.717, 1.165) is 18.2 Å². The monoisotopic (exact) mass is 574 g/mol. The molecule has 202 valence electrons. The number of carboxylic acid groups (broad SMARTS) is 1. The van der Waals surface area contributed by atoms with Crippen LogP contribution in [0.25, 0.3) is 0 Å². The average molecular weight is 575 g/mol. The van der Waals surface area contributed by atoms with Gasteiger partial charge in [0.2, 0.25) is 11.8 Å². The standard InChI is InChI=1S/C28H22Cl2F2N2O5/c1-13(26(36)37)12-39-23-7-3-14(29)8-17(23)20-11-24(35)34-25(18-10-16(31)4-6-21(18)32)28(20)19-5-2-15(30)9-22(19)33-27(28)38/h2-10,13,20,25H,11-12H2,1H3,(H,33,38)(H,34,35)(H,36,37)/t13?,20-,25-,28-/m1/s1. The Kier molecular flexibility index (Phi) is 6.99. The molecule has 39 heavy (non-hydrogen) atoms. The molecule has 0 radical (unpaired) electrons. The average Bonchev–Trinajstić information content (AvgIpc) is 3.16. The van der Waals surface area contributed by atoms with Gasteiger partial charge in [-0.05, 0) is 61.0 Å². The van der Waals surface area contributed by atoms with Gasteiger partial charge in [-0.15, -0.1) is 0 Å². The Morgan fingerprint density at radius 1 is 1.08 bits per heavy atom. The van der Waals surface area contributed by atoms with E-state index in [1.54, 1.807) is 18.2 Å². The maximum atomic E-state index is 15.3. The Morgan fingerprint density at radius 2 is 1.79 bits per heavy atom. The largest absolute Gasteiger partial charge is 0.492 e. The zero-order valence-electron chi connectivity index (χ0n) is 20.4. The lowest BCUT2D eigenvalue weighted by Crippen LogP contribution is -2.57. The molecule has 0 bridgehead atoms. The van der Waals surface area contributed by atoms with Crippen molar-refractivity contribution < 1.29 is 33.0 Å². The van der Waals surface area contributed by atoms with Crippen LogP contribution in [0.1, 0.15) is 42.0 Å². The first-order valence-corrected chi connectivity index (χ1v) is 12.8. The minimum absolute atomic E-state index is 0.198. The van der Waals surface area contributed by atoms with E-state index < -0.39 is 52.7 Å². The number of ether oxygens (including phenoxy) is 1. The second-order valence-corrected chi connectivity index (χ2v) is 10.5. The highest BCUT2D eigenvalue weighted by molar-refractivity contribution is 6.31. The van der Waals surface area contributed by atoms with Gasteiger partial charge in [0.05, 0.1) is 12.0 Å². The SMILES string of the molecule is CC(COc1ccc(Cl)cc1[C@H]1CC(=O)N[C@H](c2cc(F)ccc2F)[C@]12C(=O)Nc1cc(Cl)ccc12)C(=O)O. The van der Waals surface area contributed by atoms with Gasteiger partial charge in [-0.25, -0.2) is 8.78 Å². The summed E-state index contributed by atoms with van der Waals surface area (Å²) in [4.78, 5) is 38.6. The molecular formula is C28H22Cl2F2N2O5. The van der Waals surface area contributed by atoms with Crippen LogP contribution in [0, 0.1) is 17.6 Å². The molecule has 3 N–H and O–H groups in total. The quantitative estimate of drug-likeness (QED) is 0.355. The molecule has 0 aromatic heterocycles. The van der Waals surface area contributed by atoms with Crippen LogP contribution < -0.4 is 15.4 Å². The fraction of sp³-hybridized carbons (Fsp3) is 0.250. The molecule has 11 heteroatoms. The lowest BCUT2D eigenvalue weighted by Gasteiger charge is -2.46. The Morgan fingerprint density at radius 3 is 2.54 bits per heavy atom. The predicted octanol–water partition coefficient (Wildman–Crippen LogP) is 5.61. The molecule has 1 unspecified atom stereocenters. The number of halogens is 4. The summed E-state index contributed by atoms with van der Waals surface area (Å²) >= 11 is 12.6. The summed E-state index contributed by atoms with van der Waals surface area (Å²) in [6.07, 6.45) is -0.228. The maximum absolute atomic E-state index is 15.3. The summed E-state index contributed by atoms with van der Waals surface area (Å²) in [5.41, 5.74) is -0.770. The van der Waals surface area contributed by atoms with Crippen molar-refractivity contribution >= 4 is 46.7 Å². The number of aliphatic carboxylic acids is 1. The molecule has 2 heterocycles. The smallest absolute Gasteiger partial charge is 0.309 e. The summed E-state index contributed by atoms with van der Waals surface area (Å²) in [5.74, 6) is -5.33. The van der Waals surface area contributed by atoms with Crippen LogP contribution in [0.4, 0.5) is 14.5 Å².